The van der Waals surface area contributed by atoms with E-state index in [2.05, 4.69) is 10.3 Å². The topological polar surface area (TPSA) is 87.8 Å². The molecule has 0 saturated carbocycles. The molecule has 0 amide bonds. The number of nitrogens with zero attached hydrogens (tertiary/aromatic N) is 2. The predicted octanol–water partition coefficient (Wildman–Crippen LogP) is -0.0474. The fourth-order valence-electron chi connectivity index (χ4n) is 1.92. The van der Waals surface area contributed by atoms with Crippen LogP contribution in [0.15, 0.2) is 4.99 Å². The molecule has 1 aliphatic rings. The van der Waals surface area contributed by atoms with Gasteiger partial charge in [0.05, 0.1) is 6.26 Å². The van der Waals surface area contributed by atoms with Crippen molar-refractivity contribution in [2.45, 2.75) is 25.3 Å². The molecule has 1 fully saturated rings. The zero-order chi connectivity index (χ0) is 12.2. The smallest absolute Gasteiger partial charge is 0.211 e. The fraction of sp³-hybridized carbons (Fsp3) is 0.889. The number of hydrogen-bond donors (Lipinski definition) is 2. The van der Waals surface area contributed by atoms with Crippen molar-refractivity contribution in [3.63, 3.8) is 0 Å². The monoisotopic (exact) mass is 376 g/mol. The van der Waals surface area contributed by atoms with Gasteiger partial charge in [-0.3, -0.25) is 4.99 Å². The Balaban J connectivity index is 0.00000256. The molecule has 0 aromatic carbocycles. The summed E-state index contributed by atoms with van der Waals surface area (Å²) in [5.41, 5.74) is 5.52. The number of sulfonamides is 1. The van der Waals surface area contributed by atoms with Crippen LogP contribution in [0, 0.1) is 0 Å². The molecule has 102 valence electrons. The first-order chi connectivity index (χ1) is 7.45. The number of halogens is 1. The number of hydrogen-bond acceptors (Lipinski definition) is 3. The minimum atomic E-state index is -3.12. The molecule has 1 heterocycles. The highest BCUT2D eigenvalue weighted by Crippen LogP contribution is 2.19. The van der Waals surface area contributed by atoms with Gasteiger partial charge in [0, 0.05) is 26.2 Å². The Bertz CT molecular complexity index is 358. The van der Waals surface area contributed by atoms with Gasteiger partial charge in [0.25, 0.3) is 0 Å². The molecule has 6 nitrogen and oxygen atoms in total. The largest absolute Gasteiger partial charge is 0.370 e. The van der Waals surface area contributed by atoms with Crippen molar-refractivity contribution >= 4 is 40.0 Å². The van der Waals surface area contributed by atoms with E-state index < -0.39 is 10.0 Å². The average molecular weight is 376 g/mol. The summed E-state index contributed by atoms with van der Waals surface area (Å²) in [6.45, 7) is 1.13. The van der Waals surface area contributed by atoms with Crippen LogP contribution in [0.2, 0.25) is 0 Å². The minimum absolute atomic E-state index is 0. The molecular weight excluding hydrogens is 355 g/mol. The van der Waals surface area contributed by atoms with Crippen molar-refractivity contribution in [2.75, 3.05) is 26.4 Å². The molecule has 3 N–H and O–H groups in total. The van der Waals surface area contributed by atoms with Crippen LogP contribution in [0.25, 0.3) is 0 Å². The third-order valence-corrected chi connectivity index (χ3v) is 4.09. The van der Waals surface area contributed by atoms with Crippen LogP contribution in [-0.4, -0.2) is 51.1 Å². The molecule has 1 aliphatic heterocycles. The van der Waals surface area contributed by atoms with E-state index in [0.717, 1.165) is 19.3 Å². The van der Waals surface area contributed by atoms with Gasteiger partial charge in [0.1, 0.15) is 0 Å². The summed E-state index contributed by atoms with van der Waals surface area (Å²) in [7, 11) is -1.52. The van der Waals surface area contributed by atoms with Crippen LogP contribution in [0.3, 0.4) is 0 Å². The second kappa shape index (κ2) is 7.37. The van der Waals surface area contributed by atoms with E-state index >= 15 is 0 Å². The second-order valence-electron chi connectivity index (χ2n) is 4.01. The van der Waals surface area contributed by atoms with E-state index in [4.69, 9.17) is 5.73 Å². The molecule has 17 heavy (non-hydrogen) atoms. The highest BCUT2D eigenvalue weighted by molar-refractivity contribution is 14.0. The molecule has 0 radical (unpaired) electrons. The third kappa shape index (κ3) is 5.38. The van der Waals surface area contributed by atoms with Crippen LogP contribution < -0.4 is 11.1 Å². The van der Waals surface area contributed by atoms with Gasteiger partial charge in [-0.05, 0) is 12.8 Å². The van der Waals surface area contributed by atoms with Crippen molar-refractivity contribution in [3.05, 3.63) is 0 Å². The van der Waals surface area contributed by atoms with Crippen LogP contribution in [0.4, 0.5) is 0 Å². The number of aliphatic imine (C=N–C) groups is 1. The summed E-state index contributed by atoms with van der Waals surface area (Å²) >= 11 is 0. The van der Waals surface area contributed by atoms with Gasteiger partial charge in [0.15, 0.2) is 5.96 Å². The lowest BCUT2D eigenvalue weighted by molar-refractivity contribution is 0.254. The Hall–Kier alpha value is -0.0900. The summed E-state index contributed by atoms with van der Waals surface area (Å²) in [5.74, 6) is 0.346. The van der Waals surface area contributed by atoms with Crippen LogP contribution in [-0.2, 0) is 10.0 Å². The summed E-state index contributed by atoms with van der Waals surface area (Å²) in [6, 6.07) is -0.0101. The van der Waals surface area contributed by atoms with E-state index in [1.165, 1.54) is 6.26 Å². The van der Waals surface area contributed by atoms with Crippen molar-refractivity contribution in [1.82, 2.24) is 9.62 Å². The summed E-state index contributed by atoms with van der Waals surface area (Å²) in [5, 5.41) is 2.93. The molecule has 1 atom stereocenters. The lowest BCUT2D eigenvalue weighted by Crippen LogP contribution is -2.50. The Labute approximate surface area is 120 Å². The van der Waals surface area contributed by atoms with Gasteiger partial charge in [-0.1, -0.05) is 6.42 Å². The maximum absolute atomic E-state index is 11.5. The fourth-order valence-corrected chi connectivity index (χ4v) is 3.10. The van der Waals surface area contributed by atoms with Crippen molar-refractivity contribution < 1.29 is 8.42 Å². The standard InChI is InChI=1S/C9H20N4O2S.HI/c1-11-9(10)12-7-8-5-3-4-6-13(8)16(2,14)15;/h8H,3-7H2,1-2H3,(H3,10,11,12);1H. The van der Waals surface area contributed by atoms with Gasteiger partial charge < -0.3 is 11.1 Å². The van der Waals surface area contributed by atoms with E-state index in [9.17, 15) is 8.42 Å². The Morgan fingerprint density at radius 1 is 1.53 bits per heavy atom. The molecule has 0 aromatic rings. The number of guanidine groups is 1. The molecule has 0 spiro atoms. The lowest BCUT2D eigenvalue weighted by atomic mass is 10.1. The van der Waals surface area contributed by atoms with E-state index in [1.54, 1.807) is 11.4 Å². The first-order valence-corrected chi connectivity index (χ1v) is 7.23. The molecule has 1 rings (SSSR count). The Morgan fingerprint density at radius 3 is 2.71 bits per heavy atom. The van der Waals surface area contributed by atoms with Crippen LogP contribution >= 0.6 is 24.0 Å². The van der Waals surface area contributed by atoms with Crippen molar-refractivity contribution in [2.24, 2.45) is 10.7 Å². The zero-order valence-corrected chi connectivity index (χ0v) is 13.4. The van der Waals surface area contributed by atoms with Gasteiger partial charge in [-0.25, -0.2) is 8.42 Å². The lowest BCUT2D eigenvalue weighted by Gasteiger charge is -2.33. The number of nitrogens with one attached hydrogen (secondary N) is 1. The first kappa shape index (κ1) is 16.9. The summed E-state index contributed by atoms with van der Waals surface area (Å²) in [6.07, 6.45) is 4.11. The third-order valence-electron chi connectivity index (χ3n) is 2.76. The van der Waals surface area contributed by atoms with E-state index in [-0.39, 0.29) is 30.0 Å². The van der Waals surface area contributed by atoms with Crippen molar-refractivity contribution in [1.29, 1.82) is 0 Å². The first-order valence-electron chi connectivity index (χ1n) is 5.38. The SMILES string of the molecule is CN=C(N)NCC1CCCCN1S(C)(=O)=O.I. The van der Waals surface area contributed by atoms with E-state index in [0.29, 0.717) is 19.0 Å². The van der Waals surface area contributed by atoms with Crippen molar-refractivity contribution in [3.8, 4) is 0 Å². The highest BCUT2D eigenvalue weighted by atomic mass is 127. The zero-order valence-electron chi connectivity index (χ0n) is 10.2. The van der Waals surface area contributed by atoms with Gasteiger partial charge in [-0.15, -0.1) is 24.0 Å². The molecule has 0 aliphatic carbocycles. The Kier molecular flexibility index (Phi) is 7.33. The maximum Gasteiger partial charge on any atom is 0.211 e. The summed E-state index contributed by atoms with van der Waals surface area (Å²) < 4.78 is 24.6. The second-order valence-corrected chi connectivity index (χ2v) is 5.95. The predicted molar refractivity (Wildman–Crippen MR) is 80.2 cm³/mol. The quantitative estimate of drug-likeness (QED) is 0.411. The molecular formula is C9H21IN4O2S. The number of rotatable bonds is 3. The van der Waals surface area contributed by atoms with Gasteiger partial charge in [0.2, 0.25) is 10.0 Å². The molecule has 0 aromatic heterocycles. The van der Waals surface area contributed by atoms with Crippen LogP contribution in [0.5, 0.6) is 0 Å². The molecule has 1 unspecified atom stereocenters. The van der Waals surface area contributed by atoms with Gasteiger partial charge in [-0.2, -0.15) is 4.31 Å². The minimum Gasteiger partial charge on any atom is -0.370 e. The summed E-state index contributed by atoms with van der Waals surface area (Å²) in [4.78, 5) is 3.78. The van der Waals surface area contributed by atoms with E-state index in [1.807, 2.05) is 0 Å². The van der Waals surface area contributed by atoms with Crippen LogP contribution in [0.1, 0.15) is 19.3 Å². The number of nitrogens with two attached hydrogens (primary N) is 1. The molecule has 8 heteroatoms. The normalized spacial score (nSPS) is 22.9. The van der Waals surface area contributed by atoms with Gasteiger partial charge >= 0.3 is 0 Å². The Morgan fingerprint density at radius 2 is 2.18 bits per heavy atom. The highest BCUT2D eigenvalue weighted by Gasteiger charge is 2.28. The maximum atomic E-state index is 11.5. The average Bonchev–Trinajstić information content (AvgIpc) is 2.25. The number of piperidine rings is 1. The molecule has 1 saturated heterocycles. The molecule has 0 bridgehead atoms.